The van der Waals surface area contributed by atoms with Crippen molar-refractivity contribution in [3.8, 4) is 11.5 Å². The number of thiophene rings is 1. The lowest BCUT2D eigenvalue weighted by atomic mass is 10.1. The van der Waals surface area contributed by atoms with E-state index in [0.717, 1.165) is 17.4 Å². The van der Waals surface area contributed by atoms with Gasteiger partial charge in [0.05, 0.1) is 10.6 Å². The van der Waals surface area contributed by atoms with Gasteiger partial charge >= 0.3 is 0 Å². The monoisotopic (exact) mass is 452 g/mol. The molecule has 6 nitrogen and oxygen atoms in total. The molecule has 9 heteroatoms. The van der Waals surface area contributed by atoms with Crippen molar-refractivity contribution in [2.75, 3.05) is 17.4 Å². The number of carbonyl (C=O) groups is 2. The molecule has 0 radical (unpaired) electrons. The highest BCUT2D eigenvalue weighted by atomic mass is 32.1. The van der Waals surface area contributed by atoms with Gasteiger partial charge in [0.25, 0.3) is 11.8 Å². The van der Waals surface area contributed by atoms with Gasteiger partial charge in [-0.3, -0.25) is 9.59 Å². The predicted octanol–water partition coefficient (Wildman–Crippen LogP) is 5.41. The van der Waals surface area contributed by atoms with E-state index in [-0.39, 0.29) is 23.0 Å². The van der Waals surface area contributed by atoms with Crippen molar-refractivity contribution in [1.82, 2.24) is 0 Å². The summed E-state index contributed by atoms with van der Waals surface area (Å²) in [7, 11) is 0. The zero-order valence-electron chi connectivity index (χ0n) is 16.3. The summed E-state index contributed by atoms with van der Waals surface area (Å²) in [5.41, 5.74) is 0.500. The standard InChI is InChI=1S/C23H14F2N2O4S/c24-15-2-1-3-20-14(15)10-21(32-20)23(29)27-17-9-13(5-6-16(17)25)26-22(28)12-4-7-18-19(8-12)31-11-30-18/h1-10H,11H2,(H,26,28)(H,27,29). The van der Waals surface area contributed by atoms with Crippen LogP contribution in [-0.4, -0.2) is 18.6 Å². The van der Waals surface area contributed by atoms with Crippen molar-refractivity contribution in [3.63, 3.8) is 0 Å². The zero-order chi connectivity index (χ0) is 22.2. The average Bonchev–Trinajstić information content (AvgIpc) is 3.43. The second-order valence-electron chi connectivity index (χ2n) is 6.93. The first-order valence-electron chi connectivity index (χ1n) is 9.48. The number of halogens is 2. The highest BCUT2D eigenvalue weighted by Gasteiger charge is 2.18. The zero-order valence-corrected chi connectivity index (χ0v) is 17.1. The van der Waals surface area contributed by atoms with Gasteiger partial charge in [-0.2, -0.15) is 0 Å². The largest absolute Gasteiger partial charge is 0.454 e. The Bertz CT molecular complexity index is 1390. The molecule has 0 aliphatic carbocycles. The third kappa shape index (κ3) is 3.74. The van der Waals surface area contributed by atoms with Crippen LogP contribution in [0.5, 0.6) is 11.5 Å². The van der Waals surface area contributed by atoms with E-state index in [9.17, 15) is 18.4 Å². The van der Waals surface area contributed by atoms with E-state index in [1.807, 2.05) is 0 Å². The molecule has 1 aliphatic rings. The van der Waals surface area contributed by atoms with Crippen LogP contribution in [-0.2, 0) is 0 Å². The lowest BCUT2D eigenvalue weighted by molar-refractivity contribution is 0.102. The lowest BCUT2D eigenvalue weighted by Gasteiger charge is -2.10. The smallest absolute Gasteiger partial charge is 0.265 e. The number of rotatable bonds is 4. The molecular formula is C23H14F2N2O4S. The van der Waals surface area contributed by atoms with E-state index >= 15 is 0 Å². The fraction of sp³-hybridized carbons (Fsp3) is 0.0435. The Morgan fingerprint density at radius 1 is 0.844 bits per heavy atom. The first-order valence-corrected chi connectivity index (χ1v) is 10.3. The van der Waals surface area contributed by atoms with Crippen molar-refractivity contribution < 1.29 is 27.8 Å². The van der Waals surface area contributed by atoms with Crippen molar-refractivity contribution in [1.29, 1.82) is 0 Å². The number of hydrogen-bond acceptors (Lipinski definition) is 5. The number of carbonyl (C=O) groups excluding carboxylic acids is 2. The van der Waals surface area contributed by atoms with Crippen LogP contribution in [0, 0.1) is 11.6 Å². The fourth-order valence-electron chi connectivity index (χ4n) is 3.26. The average molecular weight is 452 g/mol. The Labute approximate surface area is 184 Å². The highest BCUT2D eigenvalue weighted by Crippen LogP contribution is 2.33. The second-order valence-corrected chi connectivity index (χ2v) is 8.02. The topological polar surface area (TPSA) is 76.7 Å². The molecule has 0 saturated carbocycles. The third-order valence-corrected chi connectivity index (χ3v) is 5.94. The van der Waals surface area contributed by atoms with Crippen LogP contribution in [0.2, 0.25) is 0 Å². The number of anilines is 2. The van der Waals surface area contributed by atoms with Gasteiger partial charge in [0.15, 0.2) is 11.5 Å². The Kier molecular flexibility index (Phi) is 4.95. The van der Waals surface area contributed by atoms with Crippen molar-refractivity contribution in [2.24, 2.45) is 0 Å². The molecule has 2 heterocycles. The van der Waals surface area contributed by atoms with Crippen molar-refractivity contribution >= 4 is 44.6 Å². The molecular weight excluding hydrogens is 438 g/mol. The minimum absolute atomic E-state index is 0.0911. The van der Waals surface area contributed by atoms with Crippen LogP contribution in [0.3, 0.4) is 0 Å². The molecule has 0 unspecified atom stereocenters. The van der Waals surface area contributed by atoms with Gasteiger partial charge in [0.2, 0.25) is 6.79 Å². The number of fused-ring (bicyclic) bond motifs is 2. The summed E-state index contributed by atoms with van der Waals surface area (Å²) in [6.45, 7) is 0.0911. The highest BCUT2D eigenvalue weighted by molar-refractivity contribution is 7.20. The predicted molar refractivity (Wildman–Crippen MR) is 117 cm³/mol. The molecule has 0 fully saturated rings. The maximum Gasteiger partial charge on any atom is 0.265 e. The SMILES string of the molecule is O=C(Nc1ccc(F)c(NC(=O)c2cc3c(F)cccc3s2)c1)c1ccc2c(c1)OCO2. The Morgan fingerprint density at radius 3 is 2.53 bits per heavy atom. The molecule has 0 atom stereocenters. The maximum absolute atomic E-state index is 14.3. The van der Waals surface area contributed by atoms with Crippen LogP contribution < -0.4 is 20.1 Å². The van der Waals surface area contributed by atoms with Gasteiger partial charge < -0.3 is 20.1 Å². The summed E-state index contributed by atoms with van der Waals surface area (Å²) >= 11 is 1.10. The van der Waals surface area contributed by atoms with Gasteiger partial charge in [0, 0.05) is 21.3 Å². The number of hydrogen-bond donors (Lipinski definition) is 2. The van der Waals surface area contributed by atoms with Crippen LogP contribution in [0.25, 0.3) is 10.1 Å². The number of nitrogens with one attached hydrogen (secondary N) is 2. The summed E-state index contributed by atoms with van der Waals surface area (Å²) in [4.78, 5) is 25.4. The van der Waals surface area contributed by atoms with Crippen molar-refractivity contribution in [2.45, 2.75) is 0 Å². The quantitative estimate of drug-likeness (QED) is 0.434. The third-order valence-electron chi connectivity index (χ3n) is 4.84. The molecule has 2 amide bonds. The summed E-state index contributed by atoms with van der Waals surface area (Å²) in [6.07, 6.45) is 0. The van der Waals surface area contributed by atoms with E-state index in [1.54, 1.807) is 30.3 Å². The van der Waals surface area contributed by atoms with Crippen LogP contribution in [0.1, 0.15) is 20.0 Å². The Balaban J connectivity index is 1.34. The first-order chi connectivity index (χ1) is 15.5. The minimum Gasteiger partial charge on any atom is -0.454 e. The van der Waals surface area contributed by atoms with Crippen LogP contribution in [0.4, 0.5) is 20.2 Å². The fourth-order valence-corrected chi connectivity index (χ4v) is 4.23. The van der Waals surface area contributed by atoms with E-state index in [2.05, 4.69) is 10.6 Å². The van der Waals surface area contributed by atoms with Crippen LogP contribution in [0.15, 0.2) is 60.7 Å². The molecule has 32 heavy (non-hydrogen) atoms. The molecule has 160 valence electrons. The van der Waals surface area contributed by atoms with Crippen molar-refractivity contribution in [3.05, 3.63) is 82.7 Å². The molecule has 3 aromatic carbocycles. The molecule has 0 spiro atoms. The molecule has 1 aromatic heterocycles. The number of amides is 2. The first kappa shape index (κ1) is 20.0. The lowest BCUT2D eigenvalue weighted by Crippen LogP contribution is -2.14. The van der Waals surface area contributed by atoms with Gasteiger partial charge in [-0.25, -0.2) is 8.78 Å². The summed E-state index contributed by atoms with van der Waals surface area (Å²) in [6, 6.07) is 14.6. The molecule has 4 aromatic rings. The van der Waals surface area contributed by atoms with Gasteiger partial charge in [-0.05, 0) is 54.6 Å². The van der Waals surface area contributed by atoms with Gasteiger partial charge in [-0.15, -0.1) is 11.3 Å². The minimum atomic E-state index is -0.674. The molecule has 0 saturated heterocycles. The van der Waals surface area contributed by atoms with Crippen LogP contribution >= 0.6 is 11.3 Å². The van der Waals surface area contributed by atoms with E-state index in [0.29, 0.717) is 27.1 Å². The Morgan fingerprint density at radius 2 is 1.69 bits per heavy atom. The second kappa shape index (κ2) is 7.93. The molecule has 1 aliphatic heterocycles. The van der Waals surface area contributed by atoms with E-state index in [4.69, 9.17) is 9.47 Å². The van der Waals surface area contributed by atoms with Gasteiger partial charge in [0.1, 0.15) is 11.6 Å². The van der Waals surface area contributed by atoms with E-state index < -0.39 is 23.4 Å². The molecule has 2 N–H and O–H groups in total. The number of ether oxygens (including phenoxy) is 2. The summed E-state index contributed by atoms with van der Waals surface area (Å²) < 4.78 is 39.3. The van der Waals surface area contributed by atoms with Gasteiger partial charge in [-0.1, -0.05) is 6.07 Å². The normalized spacial score (nSPS) is 12.1. The number of benzene rings is 3. The Hall–Kier alpha value is -3.98. The summed E-state index contributed by atoms with van der Waals surface area (Å²) in [5.74, 6) is -1.11. The molecule has 0 bridgehead atoms. The van der Waals surface area contributed by atoms with E-state index in [1.165, 1.54) is 24.3 Å². The molecule has 5 rings (SSSR count). The maximum atomic E-state index is 14.3. The summed E-state index contributed by atoms with van der Waals surface area (Å²) in [5, 5.41) is 5.47.